The molecule has 54 valence electrons. The van der Waals surface area contributed by atoms with Gasteiger partial charge >= 0.3 is 0 Å². The van der Waals surface area contributed by atoms with Gasteiger partial charge in [0.1, 0.15) is 5.82 Å². The first-order chi connectivity index (χ1) is 7.46. The number of aryl methyl sites for hydroxylation is 1. The van der Waals surface area contributed by atoms with Gasteiger partial charge in [0.15, 0.2) is 0 Å². The van der Waals surface area contributed by atoms with E-state index in [1.807, 2.05) is 0 Å². The Morgan fingerprint density at radius 2 is 2.60 bits per heavy atom. The zero-order valence-electron chi connectivity index (χ0n) is 11.7. The van der Waals surface area contributed by atoms with E-state index < -0.39 is 41.4 Å². The number of pyridine rings is 1. The molecule has 1 rings (SSSR count). The third-order valence-corrected chi connectivity index (χ3v) is 1.44. The van der Waals surface area contributed by atoms with Crippen LogP contribution in [0.15, 0.2) is 10.6 Å². The molecule has 0 radical (unpaired) electrons. The molecule has 1 nitrogen and oxygen atoms in total. The Balaban J connectivity index is 3.71. The minimum atomic E-state index is -2.95. The third-order valence-electron chi connectivity index (χ3n) is 0.915. The van der Waals surface area contributed by atoms with Crippen molar-refractivity contribution in [2.24, 2.45) is 0 Å². The second kappa shape index (κ2) is 2.66. The fourth-order valence-electron chi connectivity index (χ4n) is 0.424. The van der Waals surface area contributed by atoms with Crippen molar-refractivity contribution in [2.45, 2.75) is 13.7 Å². The van der Waals surface area contributed by atoms with Gasteiger partial charge in [-0.2, -0.15) is 0 Å². The van der Waals surface area contributed by atoms with Crippen molar-refractivity contribution in [1.82, 2.24) is 4.98 Å². The van der Waals surface area contributed by atoms with Crippen molar-refractivity contribution >= 4 is 15.9 Å². The molecule has 0 N–H and O–H groups in total. The van der Waals surface area contributed by atoms with E-state index in [-0.39, 0.29) is 0 Å². The van der Waals surface area contributed by atoms with E-state index >= 15 is 0 Å². The van der Waals surface area contributed by atoms with E-state index in [9.17, 15) is 4.39 Å². The third kappa shape index (κ3) is 1.19. The van der Waals surface area contributed by atoms with Crippen LogP contribution >= 0.6 is 15.9 Å². The van der Waals surface area contributed by atoms with Crippen LogP contribution in [0.2, 0.25) is 0 Å². The summed E-state index contributed by atoms with van der Waals surface area (Å²) in [5, 5.41) is 0. The summed E-state index contributed by atoms with van der Waals surface area (Å²) < 4.78 is 63.2. The fraction of sp³-hybridized carbons (Fsp3) is 0.286. The Hall–Kier alpha value is -0.440. The lowest BCUT2D eigenvalue weighted by Gasteiger charge is -2.00. The summed E-state index contributed by atoms with van der Waals surface area (Å²) in [6.45, 7) is -5.84. The lowest BCUT2D eigenvalue weighted by Crippen LogP contribution is -1.91. The van der Waals surface area contributed by atoms with Crippen LogP contribution in [-0.2, 0) is 0 Å². The summed E-state index contributed by atoms with van der Waals surface area (Å²) in [5.41, 5.74) is -1.87. The summed E-state index contributed by atoms with van der Waals surface area (Å²) >= 11 is 2.66. The molecule has 0 fully saturated rings. The normalized spacial score (nSPS) is 22.8. The number of nitrogens with zero attached hydrogens (tertiary/aromatic N) is 1. The highest BCUT2D eigenvalue weighted by atomic mass is 79.9. The van der Waals surface area contributed by atoms with Crippen molar-refractivity contribution < 1.29 is 14.0 Å². The van der Waals surface area contributed by atoms with Crippen LogP contribution in [0.25, 0.3) is 0 Å². The summed E-state index contributed by atoms with van der Waals surface area (Å²) in [6.07, 6.45) is -0.651. The van der Waals surface area contributed by atoms with Crippen LogP contribution in [0, 0.1) is 19.5 Å². The molecule has 3 heteroatoms. The van der Waals surface area contributed by atoms with Crippen LogP contribution < -0.4 is 0 Å². The molecule has 1 aromatic heterocycles. The number of rotatable bonds is 0. The number of hydrogen-bond donors (Lipinski definition) is 0. The van der Waals surface area contributed by atoms with Gasteiger partial charge in [-0.15, -0.1) is 0 Å². The van der Waals surface area contributed by atoms with Crippen molar-refractivity contribution in [2.75, 3.05) is 0 Å². The Bertz CT molecular complexity index is 453. The molecule has 0 amide bonds. The minimum Gasteiger partial charge on any atom is -0.260 e. The molecule has 0 saturated carbocycles. The van der Waals surface area contributed by atoms with Gasteiger partial charge in [-0.1, -0.05) is 0 Å². The van der Waals surface area contributed by atoms with Crippen molar-refractivity contribution in [3.63, 3.8) is 0 Å². The lowest BCUT2D eigenvalue weighted by atomic mass is 10.2. The van der Waals surface area contributed by atoms with E-state index in [2.05, 4.69) is 20.9 Å². The quantitative estimate of drug-likeness (QED) is 0.642. The van der Waals surface area contributed by atoms with E-state index in [4.69, 9.17) is 9.60 Å². The molecular weight excluding hydrogens is 197 g/mol. The molecule has 0 spiro atoms. The van der Waals surface area contributed by atoms with Crippen molar-refractivity contribution in [3.05, 3.63) is 27.7 Å². The molecule has 0 bridgehead atoms. The predicted octanol–water partition coefficient (Wildman–Crippen LogP) is 2.60. The molecule has 0 aliphatic heterocycles. The topological polar surface area (TPSA) is 12.9 Å². The minimum absolute atomic E-state index is 0.461. The largest absolute Gasteiger partial charge is 0.260 e. The van der Waals surface area contributed by atoms with E-state index in [1.54, 1.807) is 0 Å². The van der Waals surface area contributed by atoms with Crippen molar-refractivity contribution in [1.29, 1.82) is 0 Å². The molecule has 0 atom stereocenters. The van der Waals surface area contributed by atoms with E-state index in [0.717, 1.165) is 0 Å². The molecule has 0 aliphatic carbocycles. The maximum atomic E-state index is 13.7. The van der Waals surface area contributed by atoms with Gasteiger partial charge < -0.3 is 0 Å². The molecule has 0 aromatic carbocycles. The Morgan fingerprint density at radius 1 is 1.80 bits per heavy atom. The Kier molecular flexibility index (Phi) is 0.680. The second-order valence-electron chi connectivity index (χ2n) is 1.58. The summed E-state index contributed by atoms with van der Waals surface area (Å²) in [5.74, 6) is -1.28. The van der Waals surface area contributed by atoms with Gasteiger partial charge in [0.25, 0.3) is 0 Å². The summed E-state index contributed by atoms with van der Waals surface area (Å²) in [6, 6.07) is 0. The number of aromatic nitrogens is 1. The fourth-order valence-corrected chi connectivity index (χ4v) is 0.711. The van der Waals surface area contributed by atoms with Crippen LogP contribution in [0.5, 0.6) is 0 Å². The van der Waals surface area contributed by atoms with Crippen LogP contribution in [0.4, 0.5) is 4.39 Å². The second-order valence-corrected chi connectivity index (χ2v) is 2.37. The highest BCUT2D eigenvalue weighted by molar-refractivity contribution is 9.10. The van der Waals surface area contributed by atoms with Gasteiger partial charge in [-0.05, 0) is 29.6 Å². The van der Waals surface area contributed by atoms with E-state index in [0.29, 0.717) is 0 Å². The first kappa shape index (κ1) is 2.55. The SMILES string of the molecule is [2H]c1nc(C([2H])([2H])[2H])c(C([2H])([2H])[2H])c(F)c1Br. The first-order valence-corrected chi connectivity index (χ1v) is 3.12. The molecule has 1 aromatic rings. The molecule has 1 heterocycles. The monoisotopic (exact) mass is 210 g/mol. The van der Waals surface area contributed by atoms with Crippen LogP contribution in [0.1, 0.15) is 20.9 Å². The zero-order valence-corrected chi connectivity index (χ0v) is 6.29. The van der Waals surface area contributed by atoms with Gasteiger partial charge in [0.05, 0.1) is 5.84 Å². The standard InChI is InChI=1S/C7H7BrFN/c1-4-5(2)10-3-6(8)7(4)9/h3H,1-2H3/i1D3,2D3,3D. The molecule has 0 aliphatic rings. The Labute approximate surface area is 77.2 Å². The number of halogens is 2. The average Bonchev–Trinajstić information content (AvgIpc) is 2.09. The summed E-state index contributed by atoms with van der Waals surface area (Å²) in [7, 11) is 0. The molecule has 10 heavy (non-hydrogen) atoms. The maximum absolute atomic E-state index is 13.7. The van der Waals surface area contributed by atoms with Gasteiger partial charge in [0, 0.05) is 25.7 Å². The molecular formula is C7H7BrFN. The van der Waals surface area contributed by atoms with Gasteiger partial charge in [-0.3, -0.25) is 4.98 Å². The van der Waals surface area contributed by atoms with E-state index in [1.165, 1.54) is 0 Å². The highest BCUT2D eigenvalue weighted by Gasteiger charge is 2.04. The highest BCUT2D eigenvalue weighted by Crippen LogP contribution is 2.18. The average molecular weight is 211 g/mol. The summed E-state index contributed by atoms with van der Waals surface area (Å²) in [4.78, 5) is 3.33. The maximum Gasteiger partial charge on any atom is 0.143 e. The molecule has 0 unspecified atom stereocenters. The van der Waals surface area contributed by atoms with Crippen LogP contribution in [-0.4, -0.2) is 4.98 Å². The van der Waals surface area contributed by atoms with Gasteiger partial charge in [-0.25, -0.2) is 4.39 Å². The van der Waals surface area contributed by atoms with Gasteiger partial charge in [0.2, 0.25) is 0 Å². The van der Waals surface area contributed by atoms with Crippen LogP contribution in [0.3, 0.4) is 0 Å². The predicted molar refractivity (Wildman–Crippen MR) is 41.4 cm³/mol. The zero-order chi connectivity index (χ0) is 13.6. The molecule has 0 saturated heterocycles. The Morgan fingerprint density at radius 3 is 3.20 bits per heavy atom. The first-order valence-electron chi connectivity index (χ1n) is 5.83. The number of hydrogen-bond acceptors (Lipinski definition) is 1. The smallest absolute Gasteiger partial charge is 0.143 e. The van der Waals surface area contributed by atoms with Crippen molar-refractivity contribution in [3.8, 4) is 0 Å². The lowest BCUT2D eigenvalue weighted by molar-refractivity contribution is 0.606.